The molecule has 14 heavy (non-hydrogen) atoms. The summed E-state index contributed by atoms with van der Waals surface area (Å²) in [4.78, 5) is 0. The van der Waals surface area contributed by atoms with Gasteiger partial charge in [0, 0.05) is 9.17 Å². The lowest BCUT2D eigenvalue weighted by molar-refractivity contribution is 0.839. The number of halogens is 1. The SMILES string of the molecule is NCCCc1csc2c(Br)cccc12. The highest BCUT2D eigenvalue weighted by atomic mass is 79.9. The Morgan fingerprint density at radius 3 is 3.00 bits per heavy atom. The van der Waals surface area contributed by atoms with E-state index in [-0.39, 0.29) is 0 Å². The number of aryl methyl sites for hydroxylation is 1. The van der Waals surface area contributed by atoms with Crippen molar-refractivity contribution < 1.29 is 0 Å². The van der Waals surface area contributed by atoms with Crippen LogP contribution in [0.2, 0.25) is 0 Å². The molecule has 0 aliphatic heterocycles. The van der Waals surface area contributed by atoms with Crippen molar-refractivity contribution in [2.45, 2.75) is 12.8 Å². The van der Waals surface area contributed by atoms with Gasteiger partial charge in [0.2, 0.25) is 0 Å². The molecule has 0 aliphatic carbocycles. The topological polar surface area (TPSA) is 26.0 Å². The summed E-state index contributed by atoms with van der Waals surface area (Å²) in [5.74, 6) is 0. The fraction of sp³-hybridized carbons (Fsp3) is 0.273. The van der Waals surface area contributed by atoms with Gasteiger partial charge in [-0.15, -0.1) is 11.3 Å². The molecule has 1 nitrogen and oxygen atoms in total. The number of thiophene rings is 1. The molecule has 2 N–H and O–H groups in total. The maximum absolute atomic E-state index is 5.51. The Bertz CT molecular complexity index is 436. The molecule has 0 bridgehead atoms. The van der Waals surface area contributed by atoms with E-state index in [1.807, 2.05) is 0 Å². The first kappa shape index (κ1) is 10.1. The fourth-order valence-corrected chi connectivity index (χ4v) is 3.22. The van der Waals surface area contributed by atoms with Gasteiger partial charge < -0.3 is 5.73 Å². The molecule has 0 radical (unpaired) electrons. The third-order valence-corrected chi connectivity index (χ3v) is 4.28. The van der Waals surface area contributed by atoms with Crippen LogP contribution in [0.1, 0.15) is 12.0 Å². The van der Waals surface area contributed by atoms with Crippen LogP contribution in [-0.4, -0.2) is 6.54 Å². The molecule has 2 rings (SSSR count). The second-order valence-corrected chi connectivity index (χ2v) is 5.00. The van der Waals surface area contributed by atoms with E-state index < -0.39 is 0 Å². The number of rotatable bonds is 3. The zero-order valence-corrected chi connectivity index (χ0v) is 10.2. The molecule has 0 fully saturated rings. The van der Waals surface area contributed by atoms with Gasteiger partial charge in [0.25, 0.3) is 0 Å². The summed E-state index contributed by atoms with van der Waals surface area (Å²) in [6, 6.07) is 6.36. The first-order valence-electron chi connectivity index (χ1n) is 4.67. The lowest BCUT2D eigenvalue weighted by Gasteiger charge is -1.98. The highest BCUT2D eigenvalue weighted by molar-refractivity contribution is 9.10. The summed E-state index contributed by atoms with van der Waals surface area (Å²) in [6.07, 6.45) is 2.16. The van der Waals surface area contributed by atoms with E-state index in [1.165, 1.54) is 20.1 Å². The van der Waals surface area contributed by atoms with Crippen molar-refractivity contribution in [2.24, 2.45) is 5.73 Å². The second-order valence-electron chi connectivity index (χ2n) is 3.27. The predicted octanol–water partition coefficient (Wildman–Crippen LogP) is 3.56. The summed E-state index contributed by atoms with van der Waals surface area (Å²) in [7, 11) is 0. The first-order chi connectivity index (χ1) is 6.83. The van der Waals surface area contributed by atoms with Crippen LogP contribution in [0, 0.1) is 0 Å². The number of nitrogens with two attached hydrogens (primary N) is 1. The molecule has 74 valence electrons. The van der Waals surface area contributed by atoms with Crippen molar-refractivity contribution in [2.75, 3.05) is 6.54 Å². The largest absolute Gasteiger partial charge is 0.330 e. The van der Waals surface area contributed by atoms with Gasteiger partial charge in [0.05, 0.1) is 0 Å². The van der Waals surface area contributed by atoms with Gasteiger partial charge in [0.15, 0.2) is 0 Å². The minimum absolute atomic E-state index is 0.769. The summed E-state index contributed by atoms with van der Waals surface area (Å²) >= 11 is 5.37. The molecule has 1 aromatic carbocycles. The number of fused-ring (bicyclic) bond motifs is 1. The van der Waals surface area contributed by atoms with Crippen LogP contribution in [0.5, 0.6) is 0 Å². The van der Waals surface area contributed by atoms with Crippen LogP contribution >= 0.6 is 27.3 Å². The molecular formula is C11H12BrNS. The van der Waals surface area contributed by atoms with Crippen molar-refractivity contribution in [3.05, 3.63) is 33.6 Å². The number of benzene rings is 1. The number of hydrogen-bond acceptors (Lipinski definition) is 2. The standard InChI is InChI=1S/C11H12BrNS/c12-10-5-1-4-9-8(3-2-6-13)7-14-11(9)10/h1,4-5,7H,2-3,6,13H2. The Labute approximate surface area is 96.1 Å². The normalized spacial score (nSPS) is 11.0. The van der Waals surface area contributed by atoms with Crippen molar-refractivity contribution >= 4 is 37.4 Å². The van der Waals surface area contributed by atoms with E-state index >= 15 is 0 Å². The summed E-state index contributed by atoms with van der Waals surface area (Å²) in [5, 5.41) is 3.61. The lowest BCUT2D eigenvalue weighted by Crippen LogP contribution is -1.99. The zero-order chi connectivity index (χ0) is 9.97. The van der Waals surface area contributed by atoms with E-state index in [4.69, 9.17) is 5.73 Å². The van der Waals surface area contributed by atoms with Crippen LogP contribution in [0.3, 0.4) is 0 Å². The molecule has 3 heteroatoms. The molecule has 0 atom stereocenters. The molecule has 0 saturated carbocycles. The highest BCUT2D eigenvalue weighted by Gasteiger charge is 2.05. The third-order valence-electron chi connectivity index (χ3n) is 2.28. The van der Waals surface area contributed by atoms with Crippen LogP contribution < -0.4 is 5.73 Å². The Morgan fingerprint density at radius 2 is 2.21 bits per heavy atom. The second kappa shape index (κ2) is 4.43. The van der Waals surface area contributed by atoms with E-state index in [1.54, 1.807) is 11.3 Å². The van der Waals surface area contributed by atoms with Gasteiger partial charge in [0.1, 0.15) is 0 Å². The molecular weight excluding hydrogens is 258 g/mol. The minimum Gasteiger partial charge on any atom is -0.330 e. The van der Waals surface area contributed by atoms with Gasteiger partial charge in [-0.1, -0.05) is 12.1 Å². The van der Waals surface area contributed by atoms with Crippen LogP contribution in [0.15, 0.2) is 28.1 Å². The van der Waals surface area contributed by atoms with Gasteiger partial charge in [-0.2, -0.15) is 0 Å². The summed E-state index contributed by atoms with van der Waals surface area (Å²) < 4.78 is 2.54. The molecule has 1 heterocycles. The molecule has 0 amide bonds. The predicted molar refractivity (Wildman–Crippen MR) is 66.9 cm³/mol. The minimum atomic E-state index is 0.769. The zero-order valence-electron chi connectivity index (χ0n) is 7.79. The van der Waals surface area contributed by atoms with E-state index in [2.05, 4.69) is 39.5 Å². The molecule has 0 aliphatic rings. The quantitative estimate of drug-likeness (QED) is 0.906. The average Bonchev–Trinajstić information content (AvgIpc) is 2.60. The highest BCUT2D eigenvalue weighted by Crippen LogP contribution is 2.32. The van der Waals surface area contributed by atoms with Crippen LogP contribution in [0.25, 0.3) is 10.1 Å². The Morgan fingerprint density at radius 1 is 1.36 bits per heavy atom. The number of hydrogen-bond donors (Lipinski definition) is 1. The van der Waals surface area contributed by atoms with Gasteiger partial charge in [-0.05, 0) is 57.7 Å². The lowest BCUT2D eigenvalue weighted by atomic mass is 10.1. The molecule has 0 saturated heterocycles. The average molecular weight is 270 g/mol. The van der Waals surface area contributed by atoms with Crippen LogP contribution in [-0.2, 0) is 6.42 Å². The third kappa shape index (κ3) is 1.85. The Kier molecular flexibility index (Phi) is 3.21. The molecule has 2 aromatic rings. The van der Waals surface area contributed by atoms with Crippen molar-refractivity contribution in [3.63, 3.8) is 0 Å². The molecule has 1 aromatic heterocycles. The molecule has 0 spiro atoms. The summed E-state index contributed by atoms with van der Waals surface area (Å²) in [5.41, 5.74) is 6.94. The van der Waals surface area contributed by atoms with Crippen molar-refractivity contribution in [1.82, 2.24) is 0 Å². The summed E-state index contributed by atoms with van der Waals surface area (Å²) in [6.45, 7) is 0.769. The van der Waals surface area contributed by atoms with Gasteiger partial charge >= 0.3 is 0 Å². The first-order valence-corrected chi connectivity index (χ1v) is 6.35. The Hall–Kier alpha value is -0.380. The smallest absolute Gasteiger partial charge is 0.0487 e. The maximum atomic E-state index is 5.51. The van der Waals surface area contributed by atoms with Gasteiger partial charge in [-0.25, -0.2) is 0 Å². The van der Waals surface area contributed by atoms with Gasteiger partial charge in [-0.3, -0.25) is 0 Å². The Balaban J connectivity index is 2.42. The van der Waals surface area contributed by atoms with E-state index in [0.717, 1.165) is 19.4 Å². The molecule has 0 unspecified atom stereocenters. The monoisotopic (exact) mass is 269 g/mol. The maximum Gasteiger partial charge on any atom is 0.0487 e. The van der Waals surface area contributed by atoms with Crippen LogP contribution in [0.4, 0.5) is 0 Å². The fourth-order valence-electron chi connectivity index (χ4n) is 1.56. The van der Waals surface area contributed by atoms with Crippen molar-refractivity contribution in [1.29, 1.82) is 0 Å². The van der Waals surface area contributed by atoms with E-state index in [9.17, 15) is 0 Å². The van der Waals surface area contributed by atoms with Crippen molar-refractivity contribution in [3.8, 4) is 0 Å². The van der Waals surface area contributed by atoms with E-state index in [0.29, 0.717) is 0 Å².